The molecule has 0 atom stereocenters. The van der Waals surface area contributed by atoms with Crippen LogP contribution in [0, 0.1) is 5.41 Å². The van der Waals surface area contributed by atoms with Crippen LogP contribution in [0.15, 0.2) is 0 Å². The van der Waals surface area contributed by atoms with Crippen molar-refractivity contribution in [3.05, 3.63) is 0 Å². The Kier molecular flexibility index (Phi) is 2.29. The highest BCUT2D eigenvalue weighted by Gasteiger charge is 2.60. The van der Waals surface area contributed by atoms with Crippen LogP contribution in [0.25, 0.3) is 0 Å². The van der Waals surface area contributed by atoms with Crippen LogP contribution in [0.4, 0.5) is 0 Å². The quantitative estimate of drug-likeness (QED) is 0.680. The van der Waals surface area contributed by atoms with Gasteiger partial charge in [0.15, 0.2) is 0 Å². The van der Waals surface area contributed by atoms with Crippen molar-refractivity contribution in [1.29, 1.82) is 0 Å². The number of carbonyl (C=O) groups is 1. The largest absolute Gasteiger partial charge is 0.375 e. The van der Waals surface area contributed by atoms with Gasteiger partial charge in [-0.15, -0.1) is 0 Å². The first-order valence-corrected chi connectivity index (χ1v) is 6.57. The summed E-state index contributed by atoms with van der Waals surface area (Å²) in [5.41, 5.74) is -0.0198. The molecule has 1 aliphatic carbocycles. The maximum absolute atomic E-state index is 12.5. The van der Waals surface area contributed by atoms with Crippen molar-refractivity contribution in [3.8, 4) is 0 Å². The molecular formula is C13H21NO2. The molecule has 0 aromatic carbocycles. The smallest absolute Gasteiger partial charge is 0.229 e. The molecule has 4 fully saturated rings. The molecule has 0 aromatic rings. The Morgan fingerprint density at radius 2 is 1.88 bits per heavy atom. The van der Waals surface area contributed by atoms with Crippen LogP contribution in [-0.4, -0.2) is 36.1 Å². The number of hydrogen-bond donors (Lipinski definition) is 0. The van der Waals surface area contributed by atoms with Crippen molar-refractivity contribution < 1.29 is 9.53 Å². The van der Waals surface area contributed by atoms with Crippen LogP contribution in [0.1, 0.15) is 45.4 Å². The molecular weight excluding hydrogens is 202 g/mol. The number of piperidine rings is 1. The number of rotatable bonds is 1. The monoisotopic (exact) mass is 223 g/mol. The number of fused-ring (bicyclic) bond motifs is 2. The Bertz CT molecular complexity index is 301. The lowest BCUT2D eigenvalue weighted by Crippen LogP contribution is -2.63. The average molecular weight is 223 g/mol. The van der Waals surface area contributed by atoms with E-state index in [1.54, 1.807) is 0 Å². The predicted octanol–water partition coefficient (Wildman–Crippen LogP) is 1.96. The Morgan fingerprint density at radius 1 is 1.19 bits per heavy atom. The van der Waals surface area contributed by atoms with Gasteiger partial charge < -0.3 is 9.64 Å². The molecule has 16 heavy (non-hydrogen) atoms. The van der Waals surface area contributed by atoms with Gasteiger partial charge in [0.2, 0.25) is 5.91 Å². The molecule has 90 valence electrons. The average Bonchev–Trinajstić information content (AvgIpc) is 2.28. The number of nitrogens with zero attached hydrogens (tertiary/aromatic N) is 1. The molecule has 4 rings (SSSR count). The van der Waals surface area contributed by atoms with Crippen molar-refractivity contribution >= 4 is 5.91 Å². The third-order valence-electron chi connectivity index (χ3n) is 4.55. The minimum atomic E-state index is -0.0374. The Hall–Kier alpha value is -0.570. The summed E-state index contributed by atoms with van der Waals surface area (Å²) >= 11 is 0. The minimum absolute atomic E-state index is 0.0176. The van der Waals surface area contributed by atoms with Crippen LogP contribution >= 0.6 is 0 Å². The highest BCUT2D eigenvalue weighted by molar-refractivity contribution is 5.84. The third kappa shape index (κ3) is 1.48. The highest BCUT2D eigenvalue weighted by Crippen LogP contribution is 2.57. The number of likely N-dealkylation sites (tertiary alicyclic amines) is 1. The molecule has 3 aliphatic heterocycles. The summed E-state index contributed by atoms with van der Waals surface area (Å²) in [4.78, 5) is 14.6. The van der Waals surface area contributed by atoms with Crippen LogP contribution < -0.4 is 0 Å². The molecule has 0 spiro atoms. The molecule has 0 aromatic heterocycles. The molecule has 3 heteroatoms. The summed E-state index contributed by atoms with van der Waals surface area (Å²) < 4.78 is 5.72. The Balaban J connectivity index is 1.70. The first kappa shape index (κ1) is 10.6. The summed E-state index contributed by atoms with van der Waals surface area (Å²) in [7, 11) is 0. The van der Waals surface area contributed by atoms with E-state index in [4.69, 9.17) is 4.74 Å². The topological polar surface area (TPSA) is 29.5 Å². The molecule has 1 saturated carbocycles. The van der Waals surface area contributed by atoms with Crippen LogP contribution in [0.5, 0.6) is 0 Å². The Labute approximate surface area is 97.1 Å². The van der Waals surface area contributed by atoms with E-state index in [9.17, 15) is 4.79 Å². The lowest BCUT2D eigenvalue weighted by atomic mass is 9.55. The second kappa shape index (κ2) is 3.46. The fourth-order valence-electron chi connectivity index (χ4n) is 3.84. The summed E-state index contributed by atoms with van der Waals surface area (Å²) in [5, 5.41) is 0. The zero-order chi connectivity index (χ0) is 11.2. The third-order valence-corrected chi connectivity index (χ3v) is 4.55. The lowest BCUT2D eigenvalue weighted by molar-refractivity contribution is -0.221. The normalized spacial score (nSPS) is 42.7. The number of carbonyl (C=O) groups excluding carboxylic acids is 1. The van der Waals surface area contributed by atoms with E-state index in [1.807, 2.05) is 0 Å². The molecule has 1 amide bonds. The number of hydrogen-bond acceptors (Lipinski definition) is 2. The van der Waals surface area contributed by atoms with E-state index in [0.717, 1.165) is 39.0 Å². The van der Waals surface area contributed by atoms with Gasteiger partial charge in [0.25, 0.3) is 0 Å². The summed E-state index contributed by atoms with van der Waals surface area (Å²) in [5.74, 6) is 0.424. The second-order valence-electron chi connectivity index (χ2n) is 6.04. The van der Waals surface area contributed by atoms with Gasteiger partial charge in [-0.05, 0) is 45.4 Å². The zero-order valence-electron chi connectivity index (χ0n) is 10.1. The fourth-order valence-corrected chi connectivity index (χ4v) is 3.84. The SMILES string of the molecule is CC12CC(C(=O)N3CCCCC3)(CCO1)C2. The molecule has 2 bridgehead atoms. The molecule has 0 unspecified atom stereocenters. The standard InChI is InChI=1S/C13H21NO2/c1-12-9-13(10-12,5-8-16-12)11(15)14-6-3-2-4-7-14/h2-10H2,1H3. The first-order valence-electron chi connectivity index (χ1n) is 6.57. The summed E-state index contributed by atoms with van der Waals surface area (Å²) in [6.07, 6.45) is 6.52. The van der Waals surface area contributed by atoms with Crippen molar-refractivity contribution in [2.75, 3.05) is 19.7 Å². The molecule has 3 nitrogen and oxygen atoms in total. The van der Waals surface area contributed by atoms with Gasteiger partial charge in [0.05, 0.1) is 11.0 Å². The van der Waals surface area contributed by atoms with Crippen molar-refractivity contribution in [1.82, 2.24) is 4.90 Å². The van der Waals surface area contributed by atoms with Crippen LogP contribution in [0.2, 0.25) is 0 Å². The first-order chi connectivity index (χ1) is 7.64. The number of ether oxygens (including phenoxy) is 1. The molecule has 4 aliphatic rings. The lowest BCUT2D eigenvalue weighted by Gasteiger charge is -2.58. The number of amides is 1. The van der Waals surface area contributed by atoms with Gasteiger partial charge in [0.1, 0.15) is 0 Å². The van der Waals surface area contributed by atoms with Gasteiger partial charge in [-0.1, -0.05) is 0 Å². The Morgan fingerprint density at radius 3 is 2.50 bits per heavy atom. The van der Waals surface area contributed by atoms with Gasteiger partial charge in [-0.25, -0.2) is 0 Å². The van der Waals surface area contributed by atoms with Crippen molar-refractivity contribution in [2.45, 2.75) is 51.0 Å². The van der Waals surface area contributed by atoms with Gasteiger partial charge in [-0.2, -0.15) is 0 Å². The van der Waals surface area contributed by atoms with E-state index in [2.05, 4.69) is 11.8 Å². The molecule has 3 heterocycles. The van der Waals surface area contributed by atoms with E-state index in [1.165, 1.54) is 19.3 Å². The van der Waals surface area contributed by atoms with E-state index in [0.29, 0.717) is 5.91 Å². The maximum atomic E-state index is 12.5. The van der Waals surface area contributed by atoms with Gasteiger partial charge in [0, 0.05) is 19.7 Å². The maximum Gasteiger partial charge on any atom is 0.229 e. The molecule has 3 saturated heterocycles. The predicted molar refractivity (Wildman–Crippen MR) is 61.1 cm³/mol. The summed E-state index contributed by atoms with van der Waals surface area (Å²) in [6.45, 7) is 4.89. The molecule has 0 N–H and O–H groups in total. The fraction of sp³-hybridized carbons (Fsp3) is 0.923. The minimum Gasteiger partial charge on any atom is -0.375 e. The van der Waals surface area contributed by atoms with E-state index in [-0.39, 0.29) is 11.0 Å². The van der Waals surface area contributed by atoms with Gasteiger partial charge in [-0.3, -0.25) is 4.79 Å². The highest BCUT2D eigenvalue weighted by atomic mass is 16.5. The van der Waals surface area contributed by atoms with Crippen molar-refractivity contribution in [3.63, 3.8) is 0 Å². The molecule has 0 radical (unpaired) electrons. The zero-order valence-corrected chi connectivity index (χ0v) is 10.1. The van der Waals surface area contributed by atoms with E-state index >= 15 is 0 Å². The second-order valence-corrected chi connectivity index (χ2v) is 6.04. The van der Waals surface area contributed by atoms with Gasteiger partial charge >= 0.3 is 0 Å². The van der Waals surface area contributed by atoms with Crippen LogP contribution in [0.3, 0.4) is 0 Å². The van der Waals surface area contributed by atoms with E-state index < -0.39 is 0 Å². The van der Waals surface area contributed by atoms with Crippen molar-refractivity contribution in [2.24, 2.45) is 5.41 Å². The van der Waals surface area contributed by atoms with Crippen LogP contribution in [-0.2, 0) is 9.53 Å². The summed E-state index contributed by atoms with van der Waals surface area (Å²) in [6, 6.07) is 0.